The molecule has 1 saturated heterocycles. The normalized spacial score (nSPS) is 22.9. The molecule has 0 aromatic heterocycles. The van der Waals surface area contributed by atoms with E-state index >= 15 is 0 Å². The van der Waals surface area contributed by atoms with Crippen molar-refractivity contribution in [2.75, 3.05) is 33.3 Å². The number of aliphatic hydroxyl groups excluding tert-OH is 1. The lowest BCUT2D eigenvalue weighted by Gasteiger charge is -2.26. The molecule has 1 fully saturated rings. The predicted molar refractivity (Wildman–Crippen MR) is 61.5 cm³/mol. The Morgan fingerprint density at radius 3 is 2.75 bits per heavy atom. The van der Waals surface area contributed by atoms with Crippen LogP contribution in [-0.4, -0.2) is 67.9 Å². The smallest absolute Gasteiger partial charge is 0.391 e. The second-order valence-corrected chi connectivity index (χ2v) is 4.23. The number of carbonyl (C=O) groups is 1. The van der Waals surface area contributed by atoms with Crippen molar-refractivity contribution < 1.29 is 32.6 Å². The molecule has 0 saturated carbocycles. The van der Waals surface area contributed by atoms with Gasteiger partial charge in [0, 0.05) is 20.1 Å². The molecule has 20 heavy (non-hydrogen) atoms. The molecule has 1 amide bonds. The quantitative estimate of drug-likeness (QED) is 0.590. The summed E-state index contributed by atoms with van der Waals surface area (Å²) in [7, 11) is 1.35. The number of ether oxygens (including phenoxy) is 1. The van der Waals surface area contributed by atoms with E-state index in [1.54, 1.807) is 0 Å². The molecule has 1 aliphatic rings. The number of nitrogens with one attached hydrogen (secondary N) is 2. The largest absolute Gasteiger partial charge is 0.522 e. The molecule has 10 heteroatoms. The highest BCUT2D eigenvalue weighted by Crippen LogP contribution is 2.16. The third-order valence-electron chi connectivity index (χ3n) is 2.80. The van der Waals surface area contributed by atoms with Crippen LogP contribution in [-0.2, 0) is 9.57 Å². The van der Waals surface area contributed by atoms with E-state index in [9.17, 15) is 23.1 Å². The Balaban J connectivity index is 2.49. The van der Waals surface area contributed by atoms with Gasteiger partial charge in [-0.3, -0.25) is 4.74 Å². The summed E-state index contributed by atoms with van der Waals surface area (Å²) in [4.78, 5) is 17.1. The summed E-state index contributed by atoms with van der Waals surface area (Å²) in [5.74, 6) is 0. The lowest BCUT2D eigenvalue weighted by molar-refractivity contribution is -0.324. The summed E-state index contributed by atoms with van der Waals surface area (Å²) in [5, 5.41) is 12.6. The maximum atomic E-state index is 11.9. The van der Waals surface area contributed by atoms with Gasteiger partial charge in [0.15, 0.2) is 0 Å². The third-order valence-corrected chi connectivity index (χ3v) is 2.80. The van der Waals surface area contributed by atoms with E-state index in [4.69, 9.17) is 0 Å². The van der Waals surface area contributed by atoms with Gasteiger partial charge in [-0.15, -0.1) is 13.2 Å². The van der Waals surface area contributed by atoms with Gasteiger partial charge in [-0.05, 0) is 13.0 Å². The summed E-state index contributed by atoms with van der Waals surface area (Å²) < 4.78 is 39.3. The maximum absolute atomic E-state index is 11.9. The first kappa shape index (κ1) is 17.0. The van der Waals surface area contributed by atoms with E-state index in [2.05, 4.69) is 20.4 Å². The van der Waals surface area contributed by atoms with Crippen LogP contribution < -0.4 is 10.8 Å². The van der Waals surface area contributed by atoms with Crippen molar-refractivity contribution in [3.63, 3.8) is 0 Å². The van der Waals surface area contributed by atoms with Gasteiger partial charge in [0.2, 0.25) is 0 Å². The predicted octanol–water partition coefficient (Wildman–Crippen LogP) is -0.181. The molecule has 0 bridgehead atoms. The number of amides is 1. The van der Waals surface area contributed by atoms with E-state index in [0.29, 0.717) is 13.0 Å². The minimum Gasteiger partial charge on any atom is -0.391 e. The molecule has 0 aromatic carbocycles. The van der Waals surface area contributed by atoms with Crippen molar-refractivity contribution in [1.29, 1.82) is 0 Å². The highest BCUT2D eigenvalue weighted by molar-refractivity contribution is 5.67. The lowest BCUT2D eigenvalue weighted by atomic mass is 10.1. The Hall–Kier alpha value is -1.10. The molecule has 118 valence electrons. The maximum Gasteiger partial charge on any atom is 0.522 e. The van der Waals surface area contributed by atoms with Gasteiger partial charge in [-0.1, -0.05) is 0 Å². The number of hydroxylamine groups is 1. The van der Waals surface area contributed by atoms with Crippen molar-refractivity contribution in [3.8, 4) is 0 Å². The molecule has 0 spiro atoms. The highest BCUT2D eigenvalue weighted by atomic mass is 19.4. The molecule has 3 N–H and O–H groups in total. The first-order valence-electron chi connectivity index (χ1n) is 6.08. The molecule has 0 aromatic rings. The number of hydrogen-bond acceptors (Lipinski definition) is 6. The van der Waals surface area contributed by atoms with Gasteiger partial charge in [0.1, 0.15) is 0 Å². The zero-order valence-corrected chi connectivity index (χ0v) is 10.9. The van der Waals surface area contributed by atoms with Crippen molar-refractivity contribution in [3.05, 3.63) is 0 Å². The molecule has 2 unspecified atom stereocenters. The zero-order chi connectivity index (χ0) is 15.2. The first-order chi connectivity index (χ1) is 9.33. The summed E-state index contributed by atoms with van der Waals surface area (Å²) in [5.41, 5.74) is 2.15. The second kappa shape index (κ2) is 7.62. The van der Waals surface area contributed by atoms with Crippen LogP contribution in [0.25, 0.3) is 0 Å². The second-order valence-electron chi connectivity index (χ2n) is 4.23. The minimum atomic E-state index is -4.75. The van der Waals surface area contributed by atoms with Crippen molar-refractivity contribution in [1.82, 2.24) is 15.7 Å². The Bertz CT molecular complexity index is 317. The van der Waals surface area contributed by atoms with Crippen molar-refractivity contribution in [2.24, 2.45) is 0 Å². The van der Waals surface area contributed by atoms with E-state index in [1.807, 2.05) is 0 Å². The fraction of sp³-hybridized carbons (Fsp3) is 0.900. The SMILES string of the molecule is CNOC(=O)N(CCOC(F)(F)F)CC1NCCC1O. The van der Waals surface area contributed by atoms with E-state index < -0.39 is 31.2 Å². The topological polar surface area (TPSA) is 83.1 Å². The summed E-state index contributed by atoms with van der Waals surface area (Å²) >= 11 is 0. The average molecular weight is 301 g/mol. The van der Waals surface area contributed by atoms with Crippen LogP contribution in [0.3, 0.4) is 0 Å². The van der Waals surface area contributed by atoms with Crippen LogP contribution in [0.4, 0.5) is 18.0 Å². The Labute approximate surface area is 114 Å². The van der Waals surface area contributed by atoms with Crippen LogP contribution in [0.5, 0.6) is 0 Å². The first-order valence-corrected chi connectivity index (χ1v) is 6.08. The van der Waals surface area contributed by atoms with Gasteiger partial charge in [0.25, 0.3) is 0 Å². The standard InChI is InChI=1S/C10H18F3N3O4/c1-14-20-9(18)16(4-5-19-10(11,12)13)6-7-8(17)2-3-15-7/h7-8,14-15,17H,2-6H2,1H3. The van der Waals surface area contributed by atoms with Crippen LogP contribution in [0.15, 0.2) is 0 Å². The van der Waals surface area contributed by atoms with Gasteiger partial charge < -0.3 is 20.2 Å². The molecule has 1 heterocycles. The number of halogens is 3. The monoisotopic (exact) mass is 301 g/mol. The third kappa shape index (κ3) is 5.90. The summed E-state index contributed by atoms with van der Waals surface area (Å²) in [6.45, 7) is -0.390. The fourth-order valence-corrected chi connectivity index (χ4v) is 1.86. The fourth-order valence-electron chi connectivity index (χ4n) is 1.86. The Morgan fingerprint density at radius 2 is 2.25 bits per heavy atom. The van der Waals surface area contributed by atoms with E-state index in [1.165, 1.54) is 7.05 Å². The van der Waals surface area contributed by atoms with Crippen LogP contribution in [0, 0.1) is 0 Å². The number of aliphatic hydroxyl groups is 1. The van der Waals surface area contributed by atoms with Crippen LogP contribution >= 0.6 is 0 Å². The number of rotatable bonds is 6. The summed E-state index contributed by atoms with van der Waals surface area (Å²) in [6, 6.07) is -0.398. The molecular formula is C10H18F3N3O4. The van der Waals surface area contributed by atoms with Crippen LogP contribution in [0.2, 0.25) is 0 Å². The van der Waals surface area contributed by atoms with Gasteiger partial charge in [0.05, 0.1) is 18.8 Å². The molecule has 7 nitrogen and oxygen atoms in total. The number of nitrogens with zero attached hydrogens (tertiary/aromatic N) is 1. The summed E-state index contributed by atoms with van der Waals surface area (Å²) in [6.07, 6.45) is -5.70. The molecule has 1 rings (SSSR count). The Morgan fingerprint density at radius 1 is 1.55 bits per heavy atom. The van der Waals surface area contributed by atoms with Gasteiger partial charge >= 0.3 is 12.5 Å². The zero-order valence-electron chi connectivity index (χ0n) is 10.9. The van der Waals surface area contributed by atoms with Gasteiger partial charge in [-0.25, -0.2) is 4.79 Å². The van der Waals surface area contributed by atoms with Crippen LogP contribution in [0.1, 0.15) is 6.42 Å². The van der Waals surface area contributed by atoms with Crippen molar-refractivity contribution >= 4 is 6.09 Å². The van der Waals surface area contributed by atoms with E-state index in [-0.39, 0.29) is 13.1 Å². The average Bonchev–Trinajstić information content (AvgIpc) is 2.72. The highest BCUT2D eigenvalue weighted by Gasteiger charge is 2.32. The van der Waals surface area contributed by atoms with Gasteiger partial charge in [-0.2, -0.15) is 5.48 Å². The molecular weight excluding hydrogens is 283 g/mol. The number of carbonyl (C=O) groups excluding carboxylic acids is 1. The Kier molecular flexibility index (Phi) is 6.46. The molecule has 0 radical (unpaired) electrons. The minimum absolute atomic E-state index is 0.0307. The van der Waals surface area contributed by atoms with E-state index in [0.717, 1.165) is 4.90 Å². The van der Waals surface area contributed by atoms with Crippen molar-refractivity contribution in [2.45, 2.75) is 24.9 Å². The number of alkyl halides is 3. The molecule has 1 aliphatic heterocycles. The lowest BCUT2D eigenvalue weighted by Crippen LogP contribution is -2.47. The molecule has 0 aliphatic carbocycles. The molecule has 2 atom stereocenters. The number of hydrogen-bond donors (Lipinski definition) is 3.